The van der Waals surface area contributed by atoms with Crippen LogP contribution >= 0.6 is 0 Å². The highest BCUT2D eigenvalue weighted by molar-refractivity contribution is 6.01. The molecule has 5 nitrogen and oxygen atoms in total. The zero-order chi connectivity index (χ0) is 12.1. The quantitative estimate of drug-likeness (QED) is 0.597. The van der Waals surface area contributed by atoms with E-state index in [9.17, 15) is 9.90 Å². The Morgan fingerprint density at radius 2 is 2.12 bits per heavy atom. The summed E-state index contributed by atoms with van der Waals surface area (Å²) in [6.07, 6.45) is 0. The molecule has 86 valence electrons. The highest BCUT2D eigenvalue weighted by atomic mass is 16.5. The Morgan fingerprint density at radius 1 is 1.44 bits per heavy atom. The van der Waals surface area contributed by atoms with Gasteiger partial charge in [0.05, 0.1) is 12.8 Å². The van der Waals surface area contributed by atoms with Crippen LogP contribution in [0.5, 0.6) is 11.5 Å². The van der Waals surface area contributed by atoms with Crippen molar-refractivity contribution in [3.8, 4) is 11.5 Å². The van der Waals surface area contributed by atoms with Crippen molar-refractivity contribution in [1.82, 2.24) is 5.43 Å². The van der Waals surface area contributed by atoms with Gasteiger partial charge in [-0.3, -0.25) is 4.79 Å². The number of nitrogens with zero attached hydrogens (tertiary/aromatic N) is 1. The first-order valence-electron chi connectivity index (χ1n) is 4.73. The Balaban J connectivity index is 3.01. The van der Waals surface area contributed by atoms with E-state index in [-0.39, 0.29) is 11.7 Å². The molecule has 0 aliphatic rings. The van der Waals surface area contributed by atoms with E-state index in [2.05, 4.69) is 10.5 Å². The largest absolute Gasteiger partial charge is 0.507 e. The van der Waals surface area contributed by atoms with Gasteiger partial charge >= 0.3 is 0 Å². The molecule has 0 saturated carbocycles. The Hall–Kier alpha value is -2.04. The number of phenolic OH excluding ortho intramolecular Hbond substituents is 1. The summed E-state index contributed by atoms with van der Waals surface area (Å²) in [4.78, 5) is 10.7. The molecule has 5 heteroatoms. The SMILES string of the molecule is COc1ccc(O)c(/C(C)=N/NC(C)=O)c1. The minimum Gasteiger partial charge on any atom is -0.507 e. The number of hydrogen-bond acceptors (Lipinski definition) is 4. The van der Waals surface area contributed by atoms with Crippen LogP contribution < -0.4 is 10.2 Å². The summed E-state index contributed by atoms with van der Waals surface area (Å²) in [5.41, 5.74) is 3.33. The van der Waals surface area contributed by atoms with Crippen molar-refractivity contribution in [3.63, 3.8) is 0 Å². The smallest absolute Gasteiger partial charge is 0.236 e. The predicted octanol–water partition coefficient (Wildman–Crippen LogP) is 1.26. The Kier molecular flexibility index (Phi) is 3.88. The second-order valence-corrected chi connectivity index (χ2v) is 3.25. The van der Waals surface area contributed by atoms with Gasteiger partial charge in [0, 0.05) is 12.5 Å². The molecule has 2 N–H and O–H groups in total. The fraction of sp³-hybridized carbons (Fsp3) is 0.273. The van der Waals surface area contributed by atoms with Crippen molar-refractivity contribution in [1.29, 1.82) is 0 Å². The number of hydrazone groups is 1. The van der Waals surface area contributed by atoms with Crippen molar-refractivity contribution < 1.29 is 14.6 Å². The summed E-state index contributed by atoms with van der Waals surface area (Å²) in [5.74, 6) is 0.444. The molecule has 1 aromatic rings. The number of amides is 1. The first-order chi connectivity index (χ1) is 7.54. The second-order valence-electron chi connectivity index (χ2n) is 3.25. The van der Waals surface area contributed by atoms with Gasteiger partial charge in [-0.25, -0.2) is 5.43 Å². The summed E-state index contributed by atoms with van der Waals surface area (Å²) in [6, 6.07) is 4.81. The van der Waals surface area contributed by atoms with Crippen LogP contribution in [0.4, 0.5) is 0 Å². The minimum absolute atomic E-state index is 0.0902. The number of rotatable bonds is 3. The maximum Gasteiger partial charge on any atom is 0.236 e. The van der Waals surface area contributed by atoms with Gasteiger partial charge in [0.2, 0.25) is 5.91 Å². The normalized spacial score (nSPS) is 11.1. The number of benzene rings is 1. The second kappa shape index (κ2) is 5.16. The van der Waals surface area contributed by atoms with Crippen LogP contribution in [-0.2, 0) is 4.79 Å². The molecule has 1 aromatic carbocycles. The highest BCUT2D eigenvalue weighted by Gasteiger charge is 2.06. The van der Waals surface area contributed by atoms with Crippen LogP contribution in [-0.4, -0.2) is 23.8 Å². The van der Waals surface area contributed by atoms with E-state index in [0.29, 0.717) is 17.0 Å². The molecule has 0 aliphatic carbocycles. The van der Waals surface area contributed by atoms with E-state index in [1.54, 1.807) is 19.1 Å². The third-order valence-electron chi connectivity index (χ3n) is 1.97. The average molecular weight is 222 g/mol. The van der Waals surface area contributed by atoms with E-state index in [0.717, 1.165) is 0 Å². The molecule has 0 heterocycles. The summed E-state index contributed by atoms with van der Waals surface area (Å²) < 4.78 is 5.03. The lowest BCUT2D eigenvalue weighted by molar-refractivity contribution is -0.118. The molecule has 0 spiro atoms. The topological polar surface area (TPSA) is 70.9 Å². The molecule has 0 radical (unpaired) electrons. The van der Waals surface area contributed by atoms with E-state index in [4.69, 9.17) is 4.74 Å². The Labute approximate surface area is 93.7 Å². The van der Waals surface area contributed by atoms with E-state index in [1.165, 1.54) is 20.1 Å². The fourth-order valence-electron chi connectivity index (χ4n) is 1.15. The average Bonchev–Trinajstić information content (AvgIpc) is 2.26. The Bertz CT molecular complexity index is 427. The number of phenols is 1. The van der Waals surface area contributed by atoms with Crippen molar-refractivity contribution in [2.45, 2.75) is 13.8 Å². The summed E-state index contributed by atoms with van der Waals surface area (Å²) in [7, 11) is 1.54. The zero-order valence-corrected chi connectivity index (χ0v) is 9.44. The molecular formula is C11H14N2O3. The van der Waals surface area contributed by atoms with Crippen LogP contribution in [0.25, 0.3) is 0 Å². The van der Waals surface area contributed by atoms with Gasteiger partial charge in [-0.05, 0) is 25.1 Å². The summed E-state index contributed by atoms with van der Waals surface area (Å²) >= 11 is 0. The van der Waals surface area contributed by atoms with Crippen LogP contribution in [0.1, 0.15) is 19.4 Å². The van der Waals surface area contributed by atoms with Gasteiger partial charge in [0.15, 0.2) is 0 Å². The van der Waals surface area contributed by atoms with Gasteiger partial charge in [0.25, 0.3) is 0 Å². The molecule has 0 aliphatic heterocycles. The molecular weight excluding hydrogens is 208 g/mol. The van der Waals surface area contributed by atoms with E-state index in [1.807, 2.05) is 0 Å². The number of carbonyl (C=O) groups is 1. The molecule has 16 heavy (non-hydrogen) atoms. The molecule has 0 fully saturated rings. The molecule has 1 amide bonds. The predicted molar refractivity (Wildman–Crippen MR) is 60.7 cm³/mol. The van der Waals surface area contributed by atoms with Crippen molar-refractivity contribution in [3.05, 3.63) is 23.8 Å². The molecule has 0 saturated heterocycles. The maximum absolute atomic E-state index is 10.7. The first-order valence-corrected chi connectivity index (χ1v) is 4.73. The number of aromatic hydroxyl groups is 1. The standard InChI is InChI=1S/C11H14N2O3/c1-7(12-13-8(2)14)10-6-9(16-3)4-5-11(10)15/h4-6,15H,1-3H3,(H,13,14)/b12-7+. The van der Waals surface area contributed by atoms with Gasteiger partial charge in [-0.1, -0.05) is 0 Å². The van der Waals surface area contributed by atoms with Crippen LogP contribution in [0.15, 0.2) is 23.3 Å². The van der Waals surface area contributed by atoms with Crippen molar-refractivity contribution in [2.24, 2.45) is 5.10 Å². The van der Waals surface area contributed by atoms with E-state index >= 15 is 0 Å². The number of nitrogens with one attached hydrogen (secondary N) is 1. The molecule has 0 unspecified atom stereocenters. The summed E-state index contributed by atoms with van der Waals surface area (Å²) in [5, 5.41) is 13.4. The van der Waals surface area contributed by atoms with Gasteiger partial charge in [0.1, 0.15) is 11.5 Å². The lowest BCUT2D eigenvalue weighted by Crippen LogP contribution is -2.15. The monoisotopic (exact) mass is 222 g/mol. The third kappa shape index (κ3) is 2.98. The lowest BCUT2D eigenvalue weighted by atomic mass is 10.1. The molecule has 0 atom stereocenters. The van der Waals surface area contributed by atoms with Crippen molar-refractivity contribution in [2.75, 3.05) is 7.11 Å². The third-order valence-corrected chi connectivity index (χ3v) is 1.97. The number of carbonyl (C=O) groups excluding carboxylic acids is 1. The molecule has 0 bridgehead atoms. The fourth-order valence-corrected chi connectivity index (χ4v) is 1.15. The van der Waals surface area contributed by atoms with Crippen molar-refractivity contribution >= 4 is 11.6 Å². The number of methoxy groups -OCH3 is 1. The maximum atomic E-state index is 10.7. The molecule has 0 aromatic heterocycles. The van der Waals surface area contributed by atoms with Crippen LogP contribution in [0.2, 0.25) is 0 Å². The van der Waals surface area contributed by atoms with Gasteiger partial charge < -0.3 is 9.84 Å². The lowest BCUT2D eigenvalue weighted by Gasteiger charge is -2.06. The van der Waals surface area contributed by atoms with E-state index < -0.39 is 0 Å². The number of ether oxygens (including phenoxy) is 1. The number of hydrogen-bond donors (Lipinski definition) is 2. The zero-order valence-electron chi connectivity index (χ0n) is 9.44. The summed E-state index contributed by atoms with van der Waals surface area (Å²) in [6.45, 7) is 3.05. The molecule has 1 rings (SSSR count). The van der Waals surface area contributed by atoms with Crippen LogP contribution in [0, 0.1) is 0 Å². The van der Waals surface area contributed by atoms with Crippen LogP contribution in [0.3, 0.4) is 0 Å². The first kappa shape index (κ1) is 12.0. The van der Waals surface area contributed by atoms with Gasteiger partial charge in [-0.2, -0.15) is 5.10 Å². The minimum atomic E-state index is -0.262. The van der Waals surface area contributed by atoms with Gasteiger partial charge in [-0.15, -0.1) is 0 Å². The Morgan fingerprint density at radius 3 is 2.69 bits per heavy atom. The highest BCUT2D eigenvalue weighted by Crippen LogP contribution is 2.23.